The van der Waals surface area contributed by atoms with E-state index in [2.05, 4.69) is 34.0 Å². The minimum atomic E-state index is -3.86. The van der Waals surface area contributed by atoms with Crippen LogP contribution in [-0.2, 0) is 40.6 Å². The van der Waals surface area contributed by atoms with Crippen LogP contribution in [0.1, 0.15) is 52.9 Å². The molecular formula is C29H33FN4O3S. The first-order valence-electron chi connectivity index (χ1n) is 13.0. The highest BCUT2D eigenvalue weighted by Crippen LogP contribution is 2.37. The maximum Gasteiger partial charge on any atom is 0.256 e. The maximum absolute atomic E-state index is 13.2. The summed E-state index contributed by atoms with van der Waals surface area (Å²) >= 11 is 0. The van der Waals surface area contributed by atoms with Crippen molar-refractivity contribution in [1.82, 2.24) is 14.6 Å². The van der Waals surface area contributed by atoms with E-state index in [9.17, 15) is 17.6 Å². The zero-order chi connectivity index (χ0) is 26.9. The van der Waals surface area contributed by atoms with Crippen molar-refractivity contribution in [3.63, 3.8) is 0 Å². The van der Waals surface area contributed by atoms with Gasteiger partial charge < -0.3 is 15.2 Å². The fourth-order valence-electron chi connectivity index (χ4n) is 5.24. The lowest BCUT2D eigenvalue weighted by atomic mass is 9.92. The van der Waals surface area contributed by atoms with Crippen LogP contribution in [0.25, 0.3) is 11.6 Å². The number of hydrogen-bond acceptors (Lipinski definition) is 4. The molecule has 0 atom stereocenters. The third kappa shape index (κ3) is 5.60. The number of H-pyrrole nitrogens is 1. The van der Waals surface area contributed by atoms with Crippen molar-refractivity contribution < 1.29 is 17.6 Å². The number of rotatable bonds is 9. The van der Waals surface area contributed by atoms with E-state index in [0.717, 1.165) is 50.8 Å². The lowest BCUT2D eigenvalue weighted by molar-refractivity contribution is -0.110. The molecule has 1 aliphatic heterocycles. The molecule has 2 aliphatic rings. The van der Waals surface area contributed by atoms with Gasteiger partial charge in [-0.15, -0.1) is 0 Å². The summed E-state index contributed by atoms with van der Waals surface area (Å²) in [6.45, 7) is 1.01. The molecule has 0 bridgehead atoms. The van der Waals surface area contributed by atoms with Gasteiger partial charge in [-0.05, 0) is 112 Å². The molecule has 0 saturated carbocycles. The average Bonchev–Trinajstić information content (AvgIpc) is 3.40. The summed E-state index contributed by atoms with van der Waals surface area (Å²) in [6.07, 6.45) is 8.17. The second kappa shape index (κ2) is 10.8. The van der Waals surface area contributed by atoms with Gasteiger partial charge in [-0.25, -0.2) is 17.5 Å². The molecule has 5 rings (SSSR count). The zero-order valence-corrected chi connectivity index (χ0v) is 22.6. The number of carbonyl (C=O) groups is 1. The van der Waals surface area contributed by atoms with Crippen LogP contribution in [0.4, 0.5) is 10.1 Å². The molecule has 7 nitrogen and oxygen atoms in total. The Morgan fingerprint density at radius 2 is 1.84 bits per heavy atom. The van der Waals surface area contributed by atoms with Crippen LogP contribution in [0.3, 0.4) is 0 Å². The number of nitrogens with zero attached hydrogens (tertiary/aromatic N) is 1. The number of amides is 1. The second-order valence-corrected chi connectivity index (χ2v) is 12.0. The SMILES string of the molecule is CN(C)CCCc1c(C=C2C(=O)Nc3ccc(S(=O)(=O)NCc4ccc(F)cc4)cc32)[nH]c2c1CCCC2. The van der Waals surface area contributed by atoms with E-state index in [1.165, 1.54) is 47.2 Å². The third-order valence-electron chi connectivity index (χ3n) is 7.23. The van der Waals surface area contributed by atoms with Crippen molar-refractivity contribution in [1.29, 1.82) is 0 Å². The summed E-state index contributed by atoms with van der Waals surface area (Å²) in [5.41, 5.74) is 7.07. The summed E-state index contributed by atoms with van der Waals surface area (Å²) in [5, 5.41) is 2.87. The molecule has 2 aromatic carbocycles. The number of fused-ring (bicyclic) bond motifs is 2. The van der Waals surface area contributed by atoms with Crippen LogP contribution in [0.2, 0.25) is 0 Å². The van der Waals surface area contributed by atoms with E-state index in [1.54, 1.807) is 12.1 Å². The molecule has 3 aromatic rings. The van der Waals surface area contributed by atoms with Crippen LogP contribution in [0.15, 0.2) is 47.4 Å². The van der Waals surface area contributed by atoms with Crippen molar-refractivity contribution >= 4 is 33.3 Å². The van der Waals surface area contributed by atoms with E-state index in [4.69, 9.17) is 0 Å². The van der Waals surface area contributed by atoms with Gasteiger partial charge in [0.15, 0.2) is 0 Å². The monoisotopic (exact) mass is 536 g/mol. The van der Waals surface area contributed by atoms with E-state index >= 15 is 0 Å². The summed E-state index contributed by atoms with van der Waals surface area (Å²) < 4.78 is 41.9. The number of aromatic amines is 1. The van der Waals surface area contributed by atoms with Crippen molar-refractivity contribution in [2.45, 2.75) is 50.0 Å². The topological polar surface area (TPSA) is 94.3 Å². The van der Waals surface area contributed by atoms with E-state index in [1.807, 2.05) is 6.08 Å². The van der Waals surface area contributed by atoms with Gasteiger partial charge in [0, 0.05) is 29.2 Å². The number of hydrogen-bond donors (Lipinski definition) is 3. The van der Waals surface area contributed by atoms with Crippen LogP contribution >= 0.6 is 0 Å². The molecule has 0 saturated heterocycles. The summed E-state index contributed by atoms with van der Waals surface area (Å²) in [6, 6.07) is 10.3. The van der Waals surface area contributed by atoms with E-state index in [-0.39, 0.29) is 23.2 Å². The van der Waals surface area contributed by atoms with Gasteiger partial charge in [0.2, 0.25) is 10.0 Å². The minimum Gasteiger partial charge on any atom is -0.358 e. The van der Waals surface area contributed by atoms with Crippen molar-refractivity contribution in [2.24, 2.45) is 0 Å². The number of halogens is 1. The van der Waals surface area contributed by atoms with Gasteiger partial charge in [-0.2, -0.15) is 0 Å². The second-order valence-electron chi connectivity index (χ2n) is 10.3. The fourth-order valence-corrected chi connectivity index (χ4v) is 6.29. The highest BCUT2D eigenvalue weighted by Gasteiger charge is 2.28. The fraction of sp³-hybridized carbons (Fsp3) is 0.345. The molecule has 0 fully saturated rings. The number of anilines is 1. The molecular weight excluding hydrogens is 503 g/mol. The minimum absolute atomic E-state index is 0.0317. The van der Waals surface area contributed by atoms with Crippen molar-refractivity contribution in [3.8, 4) is 0 Å². The molecule has 0 unspecified atom stereocenters. The van der Waals surface area contributed by atoms with Crippen LogP contribution in [-0.4, -0.2) is 44.8 Å². The van der Waals surface area contributed by atoms with Gasteiger partial charge in [-0.3, -0.25) is 4.79 Å². The number of benzene rings is 2. The van der Waals surface area contributed by atoms with E-state index < -0.39 is 10.0 Å². The van der Waals surface area contributed by atoms with Gasteiger partial charge in [0.05, 0.1) is 10.5 Å². The predicted octanol–water partition coefficient (Wildman–Crippen LogP) is 4.50. The highest BCUT2D eigenvalue weighted by molar-refractivity contribution is 7.89. The van der Waals surface area contributed by atoms with Gasteiger partial charge >= 0.3 is 0 Å². The highest BCUT2D eigenvalue weighted by atomic mass is 32.2. The molecule has 9 heteroatoms. The largest absolute Gasteiger partial charge is 0.358 e. The molecule has 38 heavy (non-hydrogen) atoms. The Morgan fingerprint density at radius 1 is 1.08 bits per heavy atom. The Hall–Kier alpha value is -3.27. The Balaban J connectivity index is 1.45. The first-order valence-corrected chi connectivity index (χ1v) is 14.5. The number of nitrogens with one attached hydrogen (secondary N) is 3. The normalized spacial score (nSPS) is 16.1. The third-order valence-corrected chi connectivity index (χ3v) is 8.63. The molecule has 2 heterocycles. The molecule has 1 aromatic heterocycles. The number of aromatic nitrogens is 1. The van der Waals surface area contributed by atoms with Crippen LogP contribution < -0.4 is 10.0 Å². The van der Waals surface area contributed by atoms with Crippen LogP contribution in [0.5, 0.6) is 0 Å². The summed E-state index contributed by atoms with van der Waals surface area (Å²) in [5.74, 6) is -0.629. The van der Waals surface area contributed by atoms with Crippen molar-refractivity contribution in [3.05, 3.63) is 81.9 Å². The molecule has 1 amide bonds. The zero-order valence-electron chi connectivity index (χ0n) is 21.7. The van der Waals surface area contributed by atoms with Crippen LogP contribution in [0, 0.1) is 5.82 Å². The van der Waals surface area contributed by atoms with Gasteiger partial charge in [-0.1, -0.05) is 12.1 Å². The Labute approximate surface area is 223 Å². The number of aryl methyl sites for hydroxylation is 1. The van der Waals surface area contributed by atoms with Gasteiger partial charge in [0.25, 0.3) is 5.91 Å². The molecule has 1 aliphatic carbocycles. The quantitative estimate of drug-likeness (QED) is 0.351. The lowest BCUT2D eigenvalue weighted by Gasteiger charge is -2.14. The average molecular weight is 537 g/mol. The van der Waals surface area contributed by atoms with Crippen molar-refractivity contribution in [2.75, 3.05) is 26.0 Å². The number of sulfonamides is 1. The first kappa shape index (κ1) is 26.3. The van der Waals surface area contributed by atoms with E-state index in [0.29, 0.717) is 22.4 Å². The Morgan fingerprint density at radius 3 is 2.61 bits per heavy atom. The Kier molecular flexibility index (Phi) is 7.52. The van der Waals surface area contributed by atoms with Gasteiger partial charge in [0.1, 0.15) is 5.82 Å². The summed E-state index contributed by atoms with van der Waals surface area (Å²) in [7, 11) is 0.273. The molecule has 0 spiro atoms. The standard InChI is InChI=1S/C29H33FN4O3S/c1-34(2)15-5-7-23-22-6-3-4-8-26(22)32-28(23)17-25-24-16-21(13-14-27(24)33-29(25)35)38(36,37)31-18-19-9-11-20(30)12-10-19/h9-14,16-17,31-32H,3-8,15,18H2,1-2H3,(H,33,35). The molecule has 3 N–H and O–H groups in total. The first-order chi connectivity index (χ1) is 18.2. The molecule has 0 radical (unpaired) electrons. The lowest BCUT2D eigenvalue weighted by Crippen LogP contribution is -2.23. The molecule has 200 valence electrons. The predicted molar refractivity (Wildman–Crippen MR) is 148 cm³/mol. The smallest absolute Gasteiger partial charge is 0.256 e. The number of carbonyl (C=O) groups excluding carboxylic acids is 1. The summed E-state index contributed by atoms with van der Waals surface area (Å²) in [4.78, 5) is 18.8. The maximum atomic E-state index is 13.2. The Bertz CT molecular complexity index is 1490.